The maximum atomic E-state index is 13.3. The van der Waals surface area contributed by atoms with Gasteiger partial charge in [0.25, 0.3) is 5.91 Å². The molecule has 1 aliphatic heterocycles. The first-order chi connectivity index (χ1) is 18.3. The number of rotatable bonds is 11. The van der Waals surface area contributed by atoms with Crippen LogP contribution < -0.4 is 15.5 Å². The predicted molar refractivity (Wildman–Crippen MR) is 132 cm³/mol. The molecule has 1 fully saturated rings. The number of amides is 2. The number of sulfone groups is 1. The van der Waals surface area contributed by atoms with Crippen LogP contribution in [0.2, 0.25) is 0 Å². The van der Waals surface area contributed by atoms with Crippen LogP contribution in [0.3, 0.4) is 0 Å². The fourth-order valence-corrected chi connectivity index (χ4v) is 6.03. The smallest absolute Gasteiger partial charge is 0.265 e. The third-order valence-electron chi connectivity index (χ3n) is 6.14. The van der Waals surface area contributed by atoms with E-state index in [0.717, 1.165) is 5.56 Å². The van der Waals surface area contributed by atoms with Crippen molar-refractivity contribution < 1.29 is 32.7 Å². The minimum atomic E-state index is -4.12. The van der Waals surface area contributed by atoms with E-state index >= 15 is 0 Å². The topological polar surface area (TPSA) is 175 Å². The van der Waals surface area contributed by atoms with Gasteiger partial charge in [0.05, 0.1) is 24.4 Å². The summed E-state index contributed by atoms with van der Waals surface area (Å²) in [6.45, 7) is 0.966. The van der Waals surface area contributed by atoms with Crippen molar-refractivity contribution in [3.63, 3.8) is 0 Å². The van der Waals surface area contributed by atoms with Gasteiger partial charge in [0.1, 0.15) is 12.4 Å². The van der Waals surface area contributed by atoms with E-state index in [1.807, 2.05) is 30.3 Å². The van der Waals surface area contributed by atoms with Gasteiger partial charge >= 0.3 is 0 Å². The van der Waals surface area contributed by atoms with Gasteiger partial charge in [0.2, 0.25) is 5.91 Å². The van der Waals surface area contributed by atoms with E-state index in [1.54, 1.807) is 0 Å². The Balaban J connectivity index is 1.25. The van der Waals surface area contributed by atoms with Crippen molar-refractivity contribution in [2.75, 3.05) is 26.4 Å². The molecule has 0 radical (unpaired) electrons. The van der Waals surface area contributed by atoms with Crippen LogP contribution in [0, 0.1) is 0 Å². The Kier molecular flexibility index (Phi) is 8.66. The molecule has 2 heterocycles. The molecule has 1 saturated heterocycles. The van der Waals surface area contributed by atoms with E-state index < -0.39 is 20.5 Å². The number of hydrogen-bond donors (Lipinski definition) is 3. The molecular formula is C24H28N6O7S. The van der Waals surface area contributed by atoms with Crippen molar-refractivity contribution >= 4 is 21.7 Å². The summed E-state index contributed by atoms with van der Waals surface area (Å²) in [5, 5.41) is 23.9. The maximum absolute atomic E-state index is 13.3. The van der Waals surface area contributed by atoms with Crippen molar-refractivity contribution in [1.82, 2.24) is 31.0 Å². The lowest BCUT2D eigenvalue weighted by molar-refractivity contribution is -0.134. The summed E-state index contributed by atoms with van der Waals surface area (Å²) in [7, 11) is -4.12. The van der Waals surface area contributed by atoms with Crippen LogP contribution in [0.25, 0.3) is 0 Å². The van der Waals surface area contributed by atoms with Crippen LogP contribution in [-0.2, 0) is 37.1 Å². The molecule has 2 amide bonds. The molecule has 2 aromatic carbocycles. The van der Waals surface area contributed by atoms with E-state index in [1.165, 1.54) is 34.5 Å². The van der Waals surface area contributed by atoms with Gasteiger partial charge in [-0.05, 0) is 47.9 Å². The summed E-state index contributed by atoms with van der Waals surface area (Å²) in [6.07, 6.45) is -0.174. The lowest BCUT2D eigenvalue weighted by atomic mass is 9.98. The molecule has 1 aliphatic rings. The Bertz CT molecular complexity index is 1340. The highest BCUT2D eigenvalue weighted by Crippen LogP contribution is 2.35. The standard InChI is InChI=1S/C24H28N6O7S/c31-22(16-21-26-29-30(27-21)17-18-4-2-1-3-5-18)25-12-15-37-19-6-8-20(9-7-19)38(34,35)24(23(32)28-33)10-13-36-14-11-24/h1-9,33H,10-17H2,(H,25,31)(H,28,32). The summed E-state index contributed by atoms with van der Waals surface area (Å²) in [5.74, 6) is -0.589. The van der Waals surface area contributed by atoms with E-state index in [-0.39, 0.29) is 56.4 Å². The van der Waals surface area contributed by atoms with Crippen molar-refractivity contribution in [1.29, 1.82) is 0 Å². The second kappa shape index (κ2) is 12.1. The Hall–Kier alpha value is -3.88. The van der Waals surface area contributed by atoms with Crippen molar-refractivity contribution in [3.8, 4) is 5.75 Å². The molecule has 0 atom stereocenters. The summed E-state index contributed by atoms with van der Waals surface area (Å²) >= 11 is 0. The van der Waals surface area contributed by atoms with Gasteiger partial charge in [-0.15, -0.1) is 10.2 Å². The number of tetrazole rings is 1. The van der Waals surface area contributed by atoms with Gasteiger partial charge < -0.3 is 14.8 Å². The number of hydroxylamine groups is 1. The molecule has 0 saturated carbocycles. The van der Waals surface area contributed by atoms with E-state index in [9.17, 15) is 18.0 Å². The molecule has 0 aliphatic carbocycles. The summed E-state index contributed by atoms with van der Waals surface area (Å²) in [5.41, 5.74) is 2.50. The zero-order valence-electron chi connectivity index (χ0n) is 20.4. The molecule has 38 heavy (non-hydrogen) atoms. The minimum absolute atomic E-state index is 0.0322. The molecule has 4 rings (SSSR count). The zero-order chi connectivity index (χ0) is 27.0. The number of nitrogens with zero attached hydrogens (tertiary/aromatic N) is 4. The molecule has 0 bridgehead atoms. The molecule has 0 unspecified atom stereocenters. The van der Waals surface area contributed by atoms with Gasteiger partial charge in [-0.2, -0.15) is 4.80 Å². The number of nitrogens with one attached hydrogen (secondary N) is 2. The van der Waals surface area contributed by atoms with E-state index in [0.29, 0.717) is 18.1 Å². The highest BCUT2D eigenvalue weighted by molar-refractivity contribution is 7.93. The van der Waals surface area contributed by atoms with Crippen molar-refractivity contribution in [3.05, 3.63) is 66.0 Å². The van der Waals surface area contributed by atoms with Crippen LogP contribution >= 0.6 is 0 Å². The van der Waals surface area contributed by atoms with E-state index in [4.69, 9.17) is 14.7 Å². The van der Waals surface area contributed by atoms with Gasteiger partial charge in [0.15, 0.2) is 20.4 Å². The SMILES string of the molecule is O=C(Cc1nnn(Cc2ccccc2)n1)NCCOc1ccc(S(=O)(=O)C2(C(=O)NO)CCOCC2)cc1. The molecule has 0 spiro atoms. The van der Waals surface area contributed by atoms with Crippen LogP contribution in [-0.4, -0.2) is 76.8 Å². The van der Waals surface area contributed by atoms with Gasteiger partial charge in [0, 0.05) is 13.2 Å². The normalized spacial score (nSPS) is 15.0. The average Bonchev–Trinajstić information content (AvgIpc) is 3.38. The lowest BCUT2D eigenvalue weighted by Gasteiger charge is -2.34. The summed E-state index contributed by atoms with van der Waals surface area (Å²) < 4.78 is 35.5. The largest absolute Gasteiger partial charge is 0.492 e. The number of carbonyl (C=O) groups is 2. The zero-order valence-corrected chi connectivity index (χ0v) is 21.3. The second-order valence-electron chi connectivity index (χ2n) is 8.62. The Morgan fingerprint density at radius 1 is 1.08 bits per heavy atom. The Morgan fingerprint density at radius 2 is 1.79 bits per heavy atom. The minimum Gasteiger partial charge on any atom is -0.492 e. The summed E-state index contributed by atoms with van der Waals surface area (Å²) in [6, 6.07) is 15.3. The fraction of sp³-hybridized carbons (Fsp3) is 0.375. The number of carbonyl (C=O) groups excluding carboxylic acids is 2. The quantitative estimate of drug-likeness (QED) is 0.173. The number of hydrogen-bond acceptors (Lipinski definition) is 10. The third-order valence-corrected chi connectivity index (χ3v) is 8.65. The van der Waals surface area contributed by atoms with Crippen LogP contribution in [0.15, 0.2) is 59.5 Å². The highest BCUT2D eigenvalue weighted by Gasteiger charge is 2.52. The van der Waals surface area contributed by atoms with Crippen LogP contribution in [0.5, 0.6) is 5.75 Å². The molecule has 3 aromatic rings. The number of benzene rings is 2. The van der Waals surface area contributed by atoms with Gasteiger partial charge in [-0.25, -0.2) is 13.9 Å². The predicted octanol–water partition coefficient (Wildman–Crippen LogP) is 0.287. The first kappa shape index (κ1) is 27.2. The van der Waals surface area contributed by atoms with Crippen LogP contribution in [0.4, 0.5) is 0 Å². The third kappa shape index (κ3) is 6.15. The molecule has 1 aromatic heterocycles. The molecule has 14 heteroatoms. The molecule has 13 nitrogen and oxygen atoms in total. The lowest BCUT2D eigenvalue weighted by Crippen LogP contribution is -2.54. The maximum Gasteiger partial charge on any atom is 0.265 e. The number of ether oxygens (including phenoxy) is 2. The monoisotopic (exact) mass is 544 g/mol. The van der Waals surface area contributed by atoms with Crippen LogP contribution in [0.1, 0.15) is 24.2 Å². The molecule has 202 valence electrons. The fourth-order valence-electron chi connectivity index (χ4n) is 4.09. The number of aromatic nitrogens is 4. The second-order valence-corrected chi connectivity index (χ2v) is 10.9. The van der Waals surface area contributed by atoms with E-state index in [2.05, 4.69) is 20.7 Å². The Labute approximate surface area is 219 Å². The summed E-state index contributed by atoms with van der Waals surface area (Å²) in [4.78, 5) is 25.9. The molecular weight excluding hydrogens is 516 g/mol. The Morgan fingerprint density at radius 3 is 2.47 bits per heavy atom. The average molecular weight is 545 g/mol. The highest BCUT2D eigenvalue weighted by atomic mass is 32.2. The van der Waals surface area contributed by atoms with Gasteiger partial charge in [-0.3, -0.25) is 14.8 Å². The first-order valence-corrected chi connectivity index (χ1v) is 13.4. The first-order valence-electron chi connectivity index (χ1n) is 11.9. The van der Waals surface area contributed by atoms with Crippen molar-refractivity contribution in [2.24, 2.45) is 0 Å². The molecule has 3 N–H and O–H groups in total. The van der Waals surface area contributed by atoms with Gasteiger partial charge in [-0.1, -0.05) is 30.3 Å². The van der Waals surface area contributed by atoms with Crippen molar-refractivity contribution in [2.45, 2.75) is 35.4 Å².